The molecule has 4 heterocycles. The molecule has 4 rings (SSSR count). The molecule has 2 aromatic heterocycles. The van der Waals surface area contributed by atoms with Crippen molar-refractivity contribution in [3.05, 3.63) is 36.2 Å². The highest BCUT2D eigenvalue weighted by Crippen LogP contribution is 2.27. The summed E-state index contributed by atoms with van der Waals surface area (Å²) in [6, 6.07) is 6.09. The van der Waals surface area contributed by atoms with Crippen molar-refractivity contribution in [3.63, 3.8) is 0 Å². The first-order chi connectivity index (χ1) is 14.7. The molecule has 0 amide bonds. The number of nitrogens with one attached hydrogen (secondary N) is 2. The molecule has 8 heteroatoms. The normalized spacial score (nSPS) is 19.4. The maximum Gasteiger partial charge on any atom is 0.232 e. The van der Waals surface area contributed by atoms with Gasteiger partial charge in [0.15, 0.2) is 5.11 Å². The Labute approximate surface area is 184 Å². The number of hydrogen-bond acceptors (Lipinski definition) is 6. The van der Waals surface area contributed by atoms with Crippen LogP contribution in [0.25, 0.3) is 0 Å². The van der Waals surface area contributed by atoms with E-state index in [9.17, 15) is 0 Å². The van der Waals surface area contributed by atoms with Crippen LogP contribution in [0.4, 0.5) is 17.6 Å². The van der Waals surface area contributed by atoms with E-state index in [2.05, 4.69) is 38.4 Å². The van der Waals surface area contributed by atoms with E-state index < -0.39 is 0 Å². The third-order valence-corrected chi connectivity index (χ3v) is 6.01. The Kier molecular flexibility index (Phi) is 6.94. The first kappa shape index (κ1) is 20.8. The van der Waals surface area contributed by atoms with Crippen LogP contribution in [0.15, 0.2) is 30.6 Å². The van der Waals surface area contributed by atoms with E-state index in [1.807, 2.05) is 18.3 Å². The SMILES string of the molecule is C[C@@H]1CCCN(c2cc(N3CCCCC3)nc(NC(=S)NCc3cccnc3)n2)C1. The van der Waals surface area contributed by atoms with Crippen molar-refractivity contribution in [2.75, 3.05) is 41.3 Å². The van der Waals surface area contributed by atoms with Crippen LogP contribution in [-0.2, 0) is 6.54 Å². The molecule has 2 N–H and O–H groups in total. The number of hydrogen-bond donors (Lipinski definition) is 2. The average Bonchev–Trinajstić information content (AvgIpc) is 2.79. The second-order valence-corrected chi connectivity index (χ2v) is 8.73. The molecule has 2 fully saturated rings. The fourth-order valence-corrected chi connectivity index (χ4v) is 4.32. The summed E-state index contributed by atoms with van der Waals surface area (Å²) in [5.74, 6) is 3.24. The summed E-state index contributed by atoms with van der Waals surface area (Å²) in [5.41, 5.74) is 1.08. The van der Waals surface area contributed by atoms with Crippen LogP contribution in [-0.4, -0.2) is 46.2 Å². The maximum absolute atomic E-state index is 5.50. The molecule has 2 aliphatic heterocycles. The number of rotatable bonds is 5. The van der Waals surface area contributed by atoms with Gasteiger partial charge in [0.05, 0.1) is 0 Å². The van der Waals surface area contributed by atoms with Crippen molar-refractivity contribution in [1.82, 2.24) is 20.3 Å². The molecular weight excluding hydrogens is 394 g/mol. The van der Waals surface area contributed by atoms with Crippen LogP contribution in [0.5, 0.6) is 0 Å². The highest BCUT2D eigenvalue weighted by molar-refractivity contribution is 7.80. The third kappa shape index (κ3) is 5.56. The van der Waals surface area contributed by atoms with Gasteiger partial charge in [-0.3, -0.25) is 4.98 Å². The molecule has 7 nitrogen and oxygen atoms in total. The van der Waals surface area contributed by atoms with Crippen molar-refractivity contribution < 1.29 is 0 Å². The van der Waals surface area contributed by atoms with Crippen LogP contribution in [0.2, 0.25) is 0 Å². The Bertz CT molecular complexity index is 839. The Balaban J connectivity index is 1.50. The fourth-order valence-electron chi connectivity index (χ4n) is 4.15. The standard InChI is InChI=1S/C22H31N7S/c1-17-7-6-12-29(16-17)20-13-19(28-10-3-2-4-11-28)25-21(26-20)27-22(30)24-15-18-8-5-9-23-14-18/h5,8-9,13-14,17H,2-4,6-7,10-12,15-16H2,1H3,(H2,24,25,26,27,30)/t17-/m1/s1. The van der Waals surface area contributed by atoms with Crippen molar-refractivity contribution in [3.8, 4) is 0 Å². The van der Waals surface area contributed by atoms with E-state index in [1.54, 1.807) is 6.20 Å². The van der Waals surface area contributed by atoms with Gasteiger partial charge in [-0.15, -0.1) is 0 Å². The largest absolute Gasteiger partial charge is 0.358 e. The minimum Gasteiger partial charge on any atom is -0.358 e. The molecule has 2 aromatic rings. The van der Waals surface area contributed by atoms with Gasteiger partial charge >= 0.3 is 0 Å². The number of thiocarbonyl (C=S) groups is 1. The molecule has 0 radical (unpaired) electrons. The Morgan fingerprint density at radius 2 is 1.87 bits per heavy atom. The first-order valence-electron chi connectivity index (χ1n) is 11.0. The molecule has 0 saturated carbocycles. The molecule has 2 saturated heterocycles. The lowest BCUT2D eigenvalue weighted by atomic mass is 10.0. The zero-order valence-electron chi connectivity index (χ0n) is 17.7. The lowest BCUT2D eigenvalue weighted by Gasteiger charge is -2.33. The molecule has 160 valence electrons. The molecule has 0 unspecified atom stereocenters. The smallest absolute Gasteiger partial charge is 0.232 e. The van der Waals surface area contributed by atoms with Gasteiger partial charge in [-0.1, -0.05) is 13.0 Å². The fraction of sp³-hybridized carbons (Fsp3) is 0.545. The summed E-state index contributed by atoms with van der Waals surface area (Å²) in [7, 11) is 0. The zero-order valence-corrected chi connectivity index (χ0v) is 18.5. The van der Waals surface area contributed by atoms with Gasteiger partial charge in [-0.2, -0.15) is 9.97 Å². The zero-order chi connectivity index (χ0) is 20.8. The minimum absolute atomic E-state index is 0.521. The Hall–Kier alpha value is -2.48. The van der Waals surface area contributed by atoms with E-state index in [0.29, 0.717) is 23.5 Å². The van der Waals surface area contributed by atoms with Gasteiger partial charge in [0.2, 0.25) is 5.95 Å². The summed E-state index contributed by atoms with van der Waals surface area (Å²) < 4.78 is 0. The van der Waals surface area contributed by atoms with Crippen molar-refractivity contribution >= 4 is 34.9 Å². The van der Waals surface area contributed by atoms with Gasteiger partial charge in [0.25, 0.3) is 0 Å². The Morgan fingerprint density at radius 3 is 2.60 bits per heavy atom. The average molecular weight is 426 g/mol. The number of piperidine rings is 2. The van der Waals surface area contributed by atoms with Gasteiger partial charge in [-0.25, -0.2) is 0 Å². The van der Waals surface area contributed by atoms with E-state index >= 15 is 0 Å². The summed E-state index contributed by atoms with van der Waals surface area (Å²) in [5, 5.41) is 6.95. The van der Waals surface area contributed by atoms with Crippen LogP contribution in [0.1, 0.15) is 44.6 Å². The monoisotopic (exact) mass is 425 g/mol. The van der Waals surface area contributed by atoms with Crippen molar-refractivity contribution in [2.45, 2.75) is 45.6 Å². The molecule has 30 heavy (non-hydrogen) atoms. The van der Waals surface area contributed by atoms with Crippen LogP contribution >= 0.6 is 12.2 Å². The van der Waals surface area contributed by atoms with Crippen molar-refractivity contribution in [2.24, 2.45) is 5.92 Å². The molecule has 2 aliphatic rings. The highest BCUT2D eigenvalue weighted by atomic mass is 32.1. The first-order valence-corrected chi connectivity index (χ1v) is 11.4. The van der Waals surface area contributed by atoms with E-state index in [0.717, 1.165) is 43.4 Å². The second kappa shape index (κ2) is 10.0. The van der Waals surface area contributed by atoms with Gasteiger partial charge in [0.1, 0.15) is 11.6 Å². The molecule has 0 spiro atoms. The summed E-state index contributed by atoms with van der Waals surface area (Å²) in [6.07, 6.45) is 9.82. The lowest BCUT2D eigenvalue weighted by molar-refractivity contribution is 0.444. The van der Waals surface area contributed by atoms with Crippen LogP contribution < -0.4 is 20.4 Å². The predicted octanol–water partition coefficient (Wildman–Crippen LogP) is 3.58. The molecule has 0 bridgehead atoms. The molecule has 0 aromatic carbocycles. The molecular formula is C22H31N7S. The van der Waals surface area contributed by atoms with Crippen LogP contribution in [0, 0.1) is 5.92 Å². The summed E-state index contributed by atoms with van der Waals surface area (Å²) in [4.78, 5) is 18.5. The van der Waals surface area contributed by atoms with Gasteiger partial charge in [0, 0.05) is 51.2 Å². The molecule has 1 atom stereocenters. The second-order valence-electron chi connectivity index (χ2n) is 8.32. The van der Waals surface area contributed by atoms with Crippen LogP contribution in [0.3, 0.4) is 0 Å². The quantitative estimate of drug-likeness (QED) is 0.705. The highest BCUT2D eigenvalue weighted by Gasteiger charge is 2.21. The predicted molar refractivity (Wildman–Crippen MR) is 126 cm³/mol. The summed E-state index contributed by atoms with van der Waals surface area (Å²) in [6.45, 7) is 7.12. The van der Waals surface area contributed by atoms with Gasteiger partial charge < -0.3 is 20.4 Å². The number of anilines is 3. The minimum atomic E-state index is 0.521. The van der Waals surface area contributed by atoms with E-state index in [-0.39, 0.29) is 0 Å². The van der Waals surface area contributed by atoms with E-state index in [4.69, 9.17) is 22.2 Å². The summed E-state index contributed by atoms with van der Waals surface area (Å²) >= 11 is 5.50. The number of aromatic nitrogens is 3. The topological polar surface area (TPSA) is 69.2 Å². The Morgan fingerprint density at radius 1 is 1.10 bits per heavy atom. The van der Waals surface area contributed by atoms with E-state index in [1.165, 1.54) is 32.1 Å². The third-order valence-electron chi connectivity index (χ3n) is 5.76. The molecule has 0 aliphatic carbocycles. The number of nitrogens with zero attached hydrogens (tertiary/aromatic N) is 5. The lowest BCUT2D eigenvalue weighted by Crippen LogP contribution is -2.36. The van der Waals surface area contributed by atoms with Crippen molar-refractivity contribution in [1.29, 1.82) is 0 Å². The van der Waals surface area contributed by atoms with Gasteiger partial charge in [-0.05, 0) is 61.9 Å². The number of pyridine rings is 1. The maximum atomic E-state index is 5.50.